The number of nitrogen functional groups attached to an aromatic ring is 1. The first-order valence-corrected chi connectivity index (χ1v) is 5.70. The van der Waals surface area contributed by atoms with Crippen LogP contribution in [-0.2, 0) is 0 Å². The van der Waals surface area contributed by atoms with Gasteiger partial charge in [0.25, 0.3) is 0 Å². The SMILES string of the molecule is Nc1nnc(-c2ccc(Br)c(Cl)c2)s1. The van der Waals surface area contributed by atoms with Crippen LogP contribution < -0.4 is 5.73 Å². The maximum atomic E-state index is 5.95. The van der Waals surface area contributed by atoms with E-state index in [4.69, 9.17) is 17.3 Å². The lowest BCUT2D eigenvalue weighted by molar-refractivity contribution is 1.10. The third-order valence-electron chi connectivity index (χ3n) is 1.61. The number of hydrogen-bond acceptors (Lipinski definition) is 4. The normalized spacial score (nSPS) is 10.4. The molecular weight excluding hydrogens is 286 g/mol. The van der Waals surface area contributed by atoms with Crippen molar-refractivity contribution in [2.45, 2.75) is 0 Å². The topological polar surface area (TPSA) is 51.8 Å². The molecule has 6 heteroatoms. The molecule has 72 valence electrons. The molecule has 2 aromatic rings. The Kier molecular flexibility index (Phi) is 2.71. The molecule has 0 bridgehead atoms. The van der Waals surface area contributed by atoms with E-state index >= 15 is 0 Å². The molecule has 0 unspecified atom stereocenters. The fourth-order valence-corrected chi connectivity index (χ4v) is 2.01. The summed E-state index contributed by atoms with van der Waals surface area (Å²) in [6.45, 7) is 0. The van der Waals surface area contributed by atoms with Crippen molar-refractivity contribution in [2.75, 3.05) is 5.73 Å². The molecule has 0 atom stereocenters. The summed E-state index contributed by atoms with van der Waals surface area (Å²) in [6.07, 6.45) is 0. The van der Waals surface area contributed by atoms with Crippen molar-refractivity contribution < 1.29 is 0 Å². The minimum atomic E-state index is 0.457. The fourth-order valence-electron chi connectivity index (χ4n) is 0.980. The second-order valence-electron chi connectivity index (χ2n) is 2.57. The maximum Gasteiger partial charge on any atom is 0.203 e. The van der Waals surface area contributed by atoms with Gasteiger partial charge in [-0.2, -0.15) is 0 Å². The zero-order chi connectivity index (χ0) is 10.1. The Morgan fingerprint density at radius 1 is 1.36 bits per heavy atom. The van der Waals surface area contributed by atoms with Crippen molar-refractivity contribution in [1.82, 2.24) is 10.2 Å². The van der Waals surface area contributed by atoms with Gasteiger partial charge >= 0.3 is 0 Å². The van der Waals surface area contributed by atoms with Gasteiger partial charge in [0.05, 0.1) is 5.02 Å². The van der Waals surface area contributed by atoms with Gasteiger partial charge in [-0.25, -0.2) is 0 Å². The van der Waals surface area contributed by atoms with E-state index in [2.05, 4.69) is 26.1 Å². The number of aromatic nitrogens is 2. The predicted octanol–water partition coefficient (Wildman–Crippen LogP) is 3.20. The van der Waals surface area contributed by atoms with Gasteiger partial charge in [-0.05, 0) is 28.1 Å². The highest BCUT2D eigenvalue weighted by Crippen LogP contribution is 2.30. The first-order chi connectivity index (χ1) is 6.66. The average Bonchev–Trinajstić information content (AvgIpc) is 2.57. The van der Waals surface area contributed by atoms with Crippen molar-refractivity contribution in [3.63, 3.8) is 0 Å². The Bertz CT molecular complexity index is 471. The Morgan fingerprint density at radius 2 is 2.14 bits per heavy atom. The van der Waals surface area contributed by atoms with Gasteiger partial charge in [0.15, 0.2) is 0 Å². The van der Waals surface area contributed by atoms with E-state index in [1.807, 2.05) is 18.2 Å². The number of hydrogen-bond donors (Lipinski definition) is 1. The maximum absolute atomic E-state index is 5.95. The molecule has 2 rings (SSSR count). The molecule has 0 aliphatic carbocycles. The summed E-state index contributed by atoms with van der Waals surface area (Å²) in [4.78, 5) is 0. The van der Waals surface area contributed by atoms with Crippen LogP contribution in [0.15, 0.2) is 22.7 Å². The van der Waals surface area contributed by atoms with Gasteiger partial charge in [-0.15, -0.1) is 10.2 Å². The van der Waals surface area contributed by atoms with Gasteiger partial charge in [0, 0.05) is 10.0 Å². The average molecular weight is 291 g/mol. The van der Waals surface area contributed by atoms with Crippen LogP contribution in [0.25, 0.3) is 10.6 Å². The van der Waals surface area contributed by atoms with Crippen molar-refractivity contribution in [3.8, 4) is 10.6 Å². The molecule has 2 N–H and O–H groups in total. The third kappa shape index (κ3) is 1.89. The van der Waals surface area contributed by atoms with Crippen LogP contribution in [0.5, 0.6) is 0 Å². The zero-order valence-electron chi connectivity index (χ0n) is 6.87. The molecule has 0 spiro atoms. The lowest BCUT2D eigenvalue weighted by Gasteiger charge is -1.98. The van der Waals surface area contributed by atoms with Crippen LogP contribution in [0.3, 0.4) is 0 Å². The van der Waals surface area contributed by atoms with Gasteiger partial charge in [-0.3, -0.25) is 0 Å². The van der Waals surface area contributed by atoms with E-state index in [0.717, 1.165) is 15.0 Å². The number of benzene rings is 1. The summed E-state index contributed by atoms with van der Waals surface area (Å²) in [6, 6.07) is 5.61. The minimum Gasteiger partial charge on any atom is -0.374 e. The van der Waals surface area contributed by atoms with E-state index in [-0.39, 0.29) is 0 Å². The van der Waals surface area contributed by atoms with Crippen LogP contribution >= 0.6 is 38.9 Å². The number of nitrogens with zero attached hydrogens (tertiary/aromatic N) is 2. The highest BCUT2D eigenvalue weighted by Gasteiger charge is 2.06. The van der Waals surface area contributed by atoms with Crippen LogP contribution in [0.2, 0.25) is 5.02 Å². The quantitative estimate of drug-likeness (QED) is 0.877. The monoisotopic (exact) mass is 289 g/mol. The molecule has 1 heterocycles. The second kappa shape index (κ2) is 3.84. The number of nitrogens with two attached hydrogens (primary N) is 1. The van der Waals surface area contributed by atoms with E-state index in [1.54, 1.807) is 0 Å². The smallest absolute Gasteiger partial charge is 0.203 e. The Labute approximate surface area is 98.0 Å². The van der Waals surface area contributed by atoms with Crippen molar-refractivity contribution in [1.29, 1.82) is 0 Å². The molecule has 0 aliphatic rings. The summed E-state index contributed by atoms with van der Waals surface area (Å²) < 4.78 is 0.861. The van der Waals surface area contributed by atoms with Crippen LogP contribution in [0.1, 0.15) is 0 Å². The van der Waals surface area contributed by atoms with Crippen molar-refractivity contribution >= 4 is 44.0 Å². The second-order valence-corrected chi connectivity index (χ2v) is 4.84. The Hall–Kier alpha value is -0.650. The molecule has 1 aromatic heterocycles. The minimum absolute atomic E-state index is 0.457. The van der Waals surface area contributed by atoms with E-state index in [9.17, 15) is 0 Å². The van der Waals surface area contributed by atoms with Crippen LogP contribution in [0, 0.1) is 0 Å². The molecular formula is C8H5BrClN3S. The van der Waals surface area contributed by atoms with Crippen molar-refractivity contribution in [3.05, 3.63) is 27.7 Å². The molecule has 1 aromatic carbocycles. The largest absolute Gasteiger partial charge is 0.374 e. The van der Waals surface area contributed by atoms with Crippen LogP contribution in [0.4, 0.5) is 5.13 Å². The highest BCUT2D eigenvalue weighted by molar-refractivity contribution is 9.10. The predicted molar refractivity (Wildman–Crippen MR) is 62.5 cm³/mol. The summed E-state index contributed by atoms with van der Waals surface area (Å²) in [5.74, 6) is 0. The van der Waals surface area contributed by atoms with Gasteiger partial charge in [0.1, 0.15) is 5.01 Å². The standard InChI is InChI=1S/C8H5BrClN3S/c9-5-2-1-4(3-6(5)10)7-12-13-8(11)14-7/h1-3H,(H2,11,13). The van der Waals surface area contributed by atoms with Crippen molar-refractivity contribution in [2.24, 2.45) is 0 Å². The van der Waals surface area contributed by atoms with E-state index in [1.165, 1.54) is 11.3 Å². The van der Waals surface area contributed by atoms with Gasteiger partial charge in [-0.1, -0.05) is 29.0 Å². The van der Waals surface area contributed by atoms with Crippen LogP contribution in [-0.4, -0.2) is 10.2 Å². The number of anilines is 1. The number of halogens is 2. The summed E-state index contributed by atoms with van der Waals surface area (Å²) in [5, 5.41) is 9.54. The molecule has 0 saturated carbocycles. The molecule has 3 nitrogen and oxygen atoms in total. The zero-order valence-corrected chi connectivity index (χ0v) is 10.0. The van der Waals surface area contributed by atoms with Gasteiger partial charge < -0.3 is 5.73 Å². The van der Waals surface area contributed by atoms with E-state index < -0.39 is 0 Å². The molecule has 0 saturated heterocycles. The molecule has 0 fully saturated rings. The molecule has 0 aliphatic heterocycles. The summed E-state index contributed by atoms with van der Waals surface area (Å²) in [7, 11) is 0. The highest BCUT2D eigenvalue weighted by atomic mass is 79.9. The Morgan fingerprint density at radius 3 is 2.71 bits per heavy atom. The lowest BCUT2D eigenvalue weighted by Crippen LogP contribution is -1.80. The van der Waals surface area contributed by atoms with E-state index in [0.29, 0.717) is 10.2 Å². The Balaban J connectivity index is 2.47. The van der Waals surface area contributed by atoms with Gasteiger partial charge in [0.2, 0.25) is 5.13 Å². The summed E-state index contributed by atoms with van der Waals surface area (Å²) >= 11 is 10.6. The first-order valence-electron chi connectivity index (χ1n) is 3.71. The molecule has 14 heavy (non-hydrogen) atoms. The molecule has 0 amide bonds. The third-order valence-corrected chi connectivity index (χ3v) is 3.64. The summed E-state index contributed by atoms with van der Waals surface area (Å²) in [5.41, 5.74) is 6.41. The lowest BCUT2D eigenvalue weighted by atomic mass is 10.2. The molecule has 0 radical (unpaired) electrons. The number of rotatable bonds is 1. The first kappa shape index (κ1) is 9.89. The fraction of sp³-hybridized carbons (Fsp3) is 0.